The van der Waals surface area contributed by atoms with E-state index in [1.54, 1.807) is 36.6 Å². The number of rotatable bonds is 12. The van der Waals surface area contributed by atoms with Crippen LogP contribution in [0.1, 0.15) is 38.6 Å². The van der Waals surface area contributed by atoms with E-state index in [4.69, 9.17) is 9.47 Å². The zero-order valence-electron chi connectivity index (χ0n) is 21.3. The highest BCUT2D eigenvalue weighted by Gasteiger charge is 2.21. The van der Waals surface area contributed by atoms with Crippen LogP contribution in [0.3, 0.4) is 0 Å². The molecule has 1 N–H and O–H groups in total. The lowest BCUT2D eigenvalue weighted by Gasteiger charge is -2.23. The van der Waals surface area contributed by atoms with E-state index >= 15 is 0 Å². The molecule has 0 aliphatic rings. The molecule has 0 saturated carbocycles. The molecule has 198 valence electrons. The average molecular weight is 546 g/mol. The summed E-state index contributed by atoms with van der Waals surface area (Å²) in [6.07, 6.45) is 2.30. The van der Waals surface area contributed by atoms with Gasteiger partial charge in [0.1, 0.15) is 16.5 Å². The second-order valence-electron chi connectivity index (χ2n) is 8.53. The summed E-state index contributed by atoms with van der Waals surface area (Å²) in [4.78, 5) is 31.8. The number of hydrogen-bond donors (Lipinski definition) is 1. The first-order valence-corrected chi connectivity index (χ1v) is 14.4. The molecule has 37 heavy (non-hydrogen) atoms. The second-order valence-corrected chi connectivity index (χ2v) is 11.2. The molecule has 2 amide bonds. The van der Waals surface area contributed by atoms with E-state index in [2.05, 4.69) is 17.1 Å². The third kappa shape index (κ3) is 8.29. The lowest BCUT2D eigenvalue weighted by Crippen LogP contribution is -2.32. The van der Waals surface area contributed by atoms with Crippen LogP contribution >= 0.6 is 11.3 Å². The van der Waals surface area contributed by atoms with Gasteiger partial charge >= 0.3 is 0 Å². The van der Waals surface area contributed by atoms with Crippen molar-refractivity contribution in [2.45, 2.75) is 32.7 Å². The monoisotopic (exact) mass is 545 g/mol. The predicted molar refractivity (Wildman–Crippen MR) is 143 cm³/mol. The van der Waals surface area contributed by atoms with Gasteiger partial charge in [0.2, 0.25) is 15.9 Å². The van der Waals surface area contributed by atoms with Crippen LogP contribution < -0.4 is 14.2 Å². The van der Waals surface area contributed by atoms with Crippen LogP contribution in [0.25, 0.3) is 0 Å². The van der Waals surface area contributed by atoms with Crippen molar-refractivity contribution in [3.8, 4) is 11.5 Å². The normalized spacial score (nSPS) is 11.1. The van der Waals surface area contributed by atoms with Gasteiger partial charge in [0.25, 0.3) is 5.91 Å². The van der Waals surface area contributed by atoms with Crippen molar-refractivity contribution in [2.75, 3.05) is 27.0 Å². The number of amides is 2. The molecule has 0 aliphatic carbocycles. The number of aromatic nitrogens is 1. The summed E-state index contributed by atoms with van der Waals surface area (Å²) in [5.74, 6) is 0.255. The Balaban J connectivity index is 1.80. The Labute approximate surface area is 221 Å². The van der Waals surface area contributed by atoms with Gasteiger partial charge in [-0.3, -0.25) is 14.3 Å². The molecule has 9 nitrogen and oxygen atoms in total. The maximum Gasteiger partial charge on any atom is 0.254 e. The van der Waals surface area contributed by atoms with Gasteiger partial charge in [-0.05, 0) is 37.5 Å². The molecule has 11 heteroatoms. The first-order chi connectivity index (χ1) is 17.6. The zero-order valence-corrected chi connectivity index (χ0v) is 22.9. The van der Waals surface area contributed by atoms with Gasteiger partial charge < -0.3 is 14.4 Å². The molecule has 0 spiro atoms. The number of hydrogen-bond acceptors (Lipinski definition) is 8. The summed E-state index contributed by atoms with van der Waals surface area (Å²) >= 11 is 1.31. The minimum atomic E-state index is -3.64. The minimum absolute atomic E-state index is 0.169. The molecule has 2 aromatic carbocycles. The van der Waals surface area contributed by atoms with Crippen LogP contribution in [-0.2, 0) is 34.2 Å². The zero-order chi connectivity index (χ0) is 27.0. The number of methoxy groups -OCH3 is 2. The Kier molecular flexibility index (Phi) is 9.65. The summed E-state index contributed by atoms with van der Waals surface area (Å²) in [6.45, 7) is 2.58. The Morgan fingerprint density at radius 1 is 1.08 bits per heavy atom. The average Bonchev–Trinajstić information content (AvgIpc) is 3.29. The highest BCUT2D eigenvalue weighted by Crippen LogP contribution is 2.30. The fourth-order valence-corrected chi connectivity index (χ4v) is 5.13. The van der Waals surface area contributed by atoms with E-state index in [9.17, 15) is 18.0 Å². The van der Waals surface area contributed by atoms with Crippen molar-refractivity contribution < 1.29 is 27.5 Å². The third-order valence-electron chi connectivity index (χ3n) is 5.59. The number of thiazole rings is 1. The fraction of sp³-hybridized carbons (Fsp3) is 0.346. The van der Waals surface area contributed by atoms with E-state index < -0.39 is 15.9 Å². The summed E-state index contributed by atoms with van der Waals surface area (Å²) in [5.41, 5.74) is 2.86. The van der Waals surface area contributed by atoms with Gasteiger partial charge in [-0.1, -0.05) is 30.3 Å². The van der Waals surface area contributed by atoms with Crippen LogP contribution in [0.4, 0.5) is 0 Å². The quantitative estimate of drug-likeness (QED) is 0.371. The van der Waals surface area contributed by atoms with E-state index in [0.717, 1.165) is 24.7 Å². The molecule has 0 saturated heterocycles. The molecule has 0 unspecified atom stereocenters. The van der Waals surface area contributed by atoms with Crippen LogP contribution in [0, 0.1) is 6.92 Å². The Bertz CT molecular complexity index is 1310. The van der Waals surface area contributed by atoms with Gasteiger partial charge in [-0.25, -0.2) is 13.4 Å². The van der Waals surface area contributed by atoms with Gasteiger partial charge in [-0.15, -0.1) is 11.3 Å². The standard InChI is InChI=1S/C26H31N3O6S2/c1-18-22(34-2)13-20(14-23(18)35-3)26(31)29(12-8-11-19-9-6-5-7-10-19)16-25-27-21(17-36-25)15-24(30)28-37(4,32)33/h5-7,9-10,13-14,17H,8,11-12,15-16H2,1-4H3,(H,28,30). The van der Waals surface area contributed by atoms with Crippen LogP contribution in [0.15, 0.2) is 47.8 Å². The SMILES string of the molecule is COc1cc(C(=O)N(CCCc2ccccc2)Cc2nc(CC(=O)NS(C)(=O)=O)cs2)cc(OC)c1C. The van der Waals surface area contributed by atoms with Crippen molar-refractivity contribution in [3.05, 3.63) is 75.2 Å². The van der Waals surface area contributed by atoms with Crippen LogP contribution in [0.2, 0.25) is 0 Å². The number of carbonyl (C=O) groups excluding carboxylic acids is 2. The number of nitrogens with zero attached hydrogens (tertiary/aromatic N) is 2. The smallest absolute Gasteiger partial charge is 0.254 e. The summed E-state index contributed by atoms with van der Waals surface area (Å²) in [7, 11) is -0.550. The first-order valence-electron chi connectivity index (χ1n) is 11.6. The molecule has 0 atom stereocenters. The predicted octanol–water partition coefficient (Wildman–Crippen LogP) is 3.36. The molecule has 0 aliphatic heterocycles. The first kappa shape index (κ1) is 28.1. The number of nitrogens with one attached hydrogen (secondary N) is 1. The van der Waals surface area contributed by atoms with E-state index in [0.29, 0.717) is 34.3 Å². The fourth-order valence-electron chi connectivity index (χ4n) is 3.84. The van der Waals surface area contributed by atoms with Crippen molar-refractivity contribution in [1.29, 1.82) is 0 Å². The molecule has 3 aromatic rings. The molecule has 0 radical (unpaired) electrons. The number of ether oxygens (including phenoxy) is 2. The minimum Gasteiger partial charge on any atom is -0.496 e. The molecular weight excluding hydrogens is 514 g/mol. The van der Waals surface area contributed by atoms with Crippen LogP contribution in [0.5, 0.6) is 11.5 Å². The van der Waals surface area contributed by atoms with Crippen molar-refractivity contribution >= 4 is 33.2 Å². The molecule has 3 rings (SSSR count). The van der Waals surface area contributed by atoms with Crippen molar-refractivity contribution in [2.24, 2.45) is 0 Å². The molecule has 0 bridgehead atoms. The number of sulfonamides is 1. The highest BCUT2D eigenvalue weighted by atomic mass is 32.2. The number of aryl methyl sites for hydroxylation is 1. The number of carbonyl (C=O) groups is 2. The Hall–Kier alpha value is -3.44. The van der Waals surface area contributed by atoms with Crippen molar-refractivity contribution in [3.63, 3.8) is 0 Å². The Morgan fingerprint density at radius 3 is 2.32 bits per heavy atom. The third-order valence-corrected chi connectivity index (χ3v) is 7.07. The molecule has 1 heterocycles. The maximum atomic E-state index is 13.6. The van der Waals surface area contributed by atoms with Gasteiger partial charge in [0.15, 0.2) is 0 Å². The van der Waals surface area contributed by atoms with E-state index in [1.807, 2.05) is 29.8 Å². The summed E-state index contributed by atoms with van der Waals surface area (Å²) < 4.78 is 35.4. The lowest BCUT2D eigenvalue weighted by atomic mass is 10.1. The maximum absolute atomic E-state index is 13.6. The summed E-state index contributed by atoms with van der Waals surface area (Å²) in [5, 5.41) is 2.34. The number of benzene rings is 2. The van der Waals surface area contributed by atoms with Gasteiger partial charge in [0, 0.05) is 23.1 Å². The van der Waals surface area contributed by atoms with Crippen molar-refractivity contribution in [1.82, 2.24) is 14.6 Å². The molecular formula is C26H31N3O6S2. The lowest BCUT2D eigenvalue weighted by molar-refractivity contribution is -0.118. The topological polar surface area (TPSA) is 115 Å². The largest absolute Gasteiger partial charge is 0.496 e. The molecule has 1 aromatic heterocycles. The van der Waals surface area contributed by atoms with Gasteiger partial charge in [0.05, 0.1) is 39.1 Å². The summed E-state index contributed by atoms with van der Waals surface area (Å²) in [6, 6.07) is 13.4. The highest BCUT2D eigenvalue weighted by molar-refractivity contribution is 7.89. The van der Waals surface area contributed by atoms with Gasteiger partial charge in [-0.2, -0.15) is 0 Å². The van der Waals surface area contributed by atoms with E-state index in [1.165, 1.54) is 16.9 Å². The second kappa shape index (κ2) is 12.7. The molecule has 0 fully saturated rings. The van der Waals surface area contributed by atoms with Crippen LogP contribution in [-0.4, -0.2) is 57.1 Å². The van der Waals surface area contributed by atoms with E-state index in [-0.39, 0.29) is 18.9 Å². The Morgan fingerprint density at radius 2 is 1.73 bits per heavy atom.